The smallest absolute Gasteiger partial charge is 0.253 e. The van der Waals surface area contributed by atoms with Crippen LogP contribution in [0.15, 0.2) is 54.6 Å². The van der Waals surface area contributed by atoms with E-state index in [-0.39, 0.29) is 17.2 Å². The van der Waals surface area contributed by atoms with E-state index in [1.807, 2.05) is 59.2 Å². The Hall–Kier alpha value is -2.62. The Labute approximate surface area is 173 Å². The highest BCUT2D eigenvalue weighted by Gasteiger charge is 2.38. The van der Waals surface area contributed by atoms with E-state index in [0.717, 1.165) is 56.4 Å². The van der Waals surface area contributed by atoms with Gasteiger partial charge in [0.25, 0.3) is 5.91 Å². The van der Waals surface area contributed by atoms with Gasteiger partial charge < -0.3 is 9.80 Å². The second-order valence-electron chi connectivity index (χ2n) is 8.71. The summed E-state index contributed by atoms with van der Waals surface area (Å²) in [5, 5.41) is 0. The minimum atomic E-state index is 0.138. The van der Waals surface area contributed by atoms with Crippen molar-refractivity contribution in [3.63, 3.8) is 0 Å². The molecule has 2 saturated heterocycles. The molecule has 2 aliphatic rings. The highest BCUT2D eigenvalue weighted by atomic mass is 16.2. The average molecular weight is 391 g/mol. The third-order valence-electron chi connectivity index (χ3n) is 6.73. The van der Waals surface area contributed by atoms with Gasteiger partial charge in [0, 0.05) is 38.2 Å². The molecule has 4 rings (SSSR count). The summed E-state index contributed by atoms with van der Waals surface area (Å²) in [6.45, 7) is 5.12. The highest BCUT2D eigenvalue weighted by molar-refractivity contribution is 5.94. The van der Waals surface area contributed by atoms with Crippen LogP contribution in [-0.2, 0) is 11.3 Å². The summed E-state index contributed by atoms with van der Waals surface area (Å²) >= 11 is 0. The molecule has 2 fully saturated rings. The topological polar surface area (TPSA) is 40.6 Å². The molecular formula is C25H30N2O2. The van der Waals surface area contributed by atoms with E-state index in [9.17, 15) is 9.59 Å². The molecule has 2 aromatic carbocycles. The van der Waals surface area contributed by atoms with E-state index in [2.05, 4.69) is 12.1 Å². The van der Waals surface area contributed by atoms with Gasteiger partial charge in [0.15, 0.2) is 0 Å². The number of nitrogens with zero attached hydrogens (tertiary/aromatic N) is 2. The number of hydrogen-bond acceptors (Lipinski definition) is 2. The van der Waals surface area contributed by atoms with Gasteiger partial charge in [-0.3, -0.25) is 9.59 Å². The summed E-state index contributed by atoms with van der Waals surface area (Å²) in [4.78, 5) is 29.6. The lowest BCUT2D eigenvalue weighted by molar-refractivity contribution is -0.131. The number of carbonyl (C=O) groups excluding carboxylic acids is 2. The van der Waals surface area contributed by atoms with Gasteiger partial charge in [-0.15, -0.1) is 0 Å². The fourth-order valence-corrected chi connectivity index (χ4v) is 4.77. The Bertz CT molecular complexity index is 869. The number of piperidine rings is 1. The molecule has 0 aliphatic carbocycles. The molecule has 29 heavy (non-hydrogen) atoms. The zero-order valence-electron chi connectivity index (χ0n) is 17.3. The molecule has 0 saturated carbocycles. The lowest BCUT2D eigenvalue weighted by atomic mass is 9.73. The van der Waals surface area contributed by atoms with Crippen LogP contribution in [0, 0.1) is 12.3 Å². The molecule has 4 heteroatoms. The first kappa shape index (κ1) is 19.7. The van der Waals surface area contributed by atoms with Crippen LogP contribution in [0.3, 0.4) is 0 Å². The minimum absolute atomic E-state index is 0.138. The van der Waals surface area contributed by atoms with E-state index in [4.69, 9.17) is 0 Å². The first-order valence-electron chi connectivity index (χ1n) is 10.7. The maximum atomic E-state index is 12.9. The lowest BCUT2D eigenvalue weighted by Gasteiger charge is -2.41. The largest absolute Gasteiger partial charge is 0.339 e. The molecule has 152 valence electrons. The van der Waals surface area contributed by atoms with Crippen LogP contribution >= 0.6 is 0 Å². The predicted molar refractivity (Wildman–Crippen MR) is 114 cm³/mol. The quantitative estimate of drug-likeness (QED) is 0.778. The molecule has 2 amide bonds. The number of likely N-dealkylation sites (tertiary alicyclic amines) is 2. The maximum absolute atomic E-state index is 12.9. The Balaban J connectivity index is 1.37. The molecule has 0 atom stereocenters. The summed E-state index contributed by atoms with van der Waals surface area (Å²) < 4.78 is 0. The molecule has 0 unspecified atom stereocenters. The van der Waals surface area contributed by atoms with Gasteiger partial charge in [-0.2, -0.15) is 0 Å². The Morgan fingerprint density at radius 1 is 0.931 bits per heavy atom. The molecule has 0 N–H and O–H groups in total. The van der Waals surface area contributed by atoms with Gasteiger partial charge in [0.2, 0.25) is 5.91 Å². The van der Waals surface area contributed by atoms with E-state index in [1.165, 1.54) is 5.56 Å². The Kier molecular flexibility index (Phi) is 5.70. The normalized spacial score (nSPS) is 19.3. The molecule has 2 heterocycles. The van der Waals surface area contributed by atoms with Gasteiger partial charge in [0.1, 0.15) is 0 Å². The van der Waals surface area contributed by atoms with Crippen molar-refractivity contribution in [2.75, 3.05) is 19.6 Å². The van der Waals surface area contributed by atoms with Crippen LogP contribution in [-0.4, -0.2) is 41.2 Å². The third kappa shape index (κ3) is 4.52. The molecule has 1 spiro atoms. The van der Waals surface area contributed by atoms with Gasteiger partial charge in [-0.05, 0) is 55.7 Å². The van der Waals surface area contributed by atoms with E-state index in [1.54, 1.807) is 0 Å². The number of amides is 2. The molecule has 2 aliphatic heterocycles. The number of hydrogen-bond donors (Lipinski definition) is 0. The van der Waals surface area contributed by atoms with Crippen molar-refractivity contribution in [3.8, 4) is 0 Å². The van der Waals surface area contributed by atoms with Crippen molar-refractivity contribution < 1.29 is 9.59 Å². The second kappa shape index (κ2) is 8.40. The van der Waals surface area contributed by atoms with Crippen LogP contribution in [0.4, 0.5) is 0 Å². The number of rotatable bonds is 3. The molecule has 0 aromatic heterocycles. The van der Waals surface area contributed by atoms with Gasteiger partial charge in [-0.25, -0.2) is 0 Å². The van der Waals surface area contributed by atoms with Crippen LogP contribution in [0.1, 0.15) is 53.6 Å². The Morgan fingerprint density at radius 3 is 2.38 bits per heavy atom. The standard InChI is InChI=1S/C25H30N2O2/c1-20-6-5-9-22(18-20)24(29)26-15-12-25(13-16-26)11-10-23(28)27(17-14-25)19-21-7-3-2-4-8-21/h2-9,18H,10-17,19H2,1H3. The van der Waals surface area contributed by atoms with Crippen molar-refractivity contribution in [2.45, 2.75) is 45.6 Å². The summed E-state index contributed by atoms with van der Waals surface area (Å²) in [6.07, 6.45) is 4.61. The lowest BCUT2D eigenvalue weighted by Crippen LogP contribution is -2.43. The molecule has 4 nitrogen and oxygen atoms in total. The third-order valence-corrected chi connectivity index (χ3v) is 6.73. The number of aryl methyl sites for hydroxylation is 1. The van der Waals surface area contributed by atoms with E-state index < -0.39 is 0 Å². The number of benzene rings is 2. The molecule has 2 aromatic rings. The fourth-order valence-electron chi connectivity index (χ4n) is 4.77. The highest BCUT2D eigenvalue weighted by Crippen LogP contribution is 2.42. The van der Waals surface area contributed by atoms with E-state index in [0.29, 0.717) is 13.0 Å². The summed E-state index contributed by atoms with van der Waals surface area (Å²) in [5.74, 6) is 0.406. The second-order valence-corrected chi connectivity index (χ2v) is 8.71. The first-order valence-corrected chi connectivity index (χ1v) is 10.7. The van der Waals surface area contributed by atoms with Crippen molar-refractivity contribution in [1.82, 2.24) is 9.80 Å². The van der Waals surface area contributed by atoms with Crippen molar-refractivity contribution in [2.24, 2.45) is 5.41 Å². The van der Waals surface area contributed by atoms with Crippen LogP contribution in [0.25, 0.3) is 0 Å². The van der Waals surface area contributed by atoms with Gasteiger partial charge >= 0.3 is 0 Å². The number of carbonyl (C=O) groups is 2. The summed E-state index contributed by atoms with van der Waals surface area (Å²) in [7, 11) is 0. The van der Waals surface area contributed by atoms with Crippen LogP contribution in [0.2, 0.25) is 0 Å². The maximum Gasteiger partial charge on any atom is 0.253 e. The van der Waals surface area contributed by atoms with Crippen LogP contribution in [0.5, 0.6) is 0 Å². The van der Waals surface area contributed by atoms with Crippen molar-refractivity contribution >= 4 is 11.8 Å². The fraction of sp³-hybridized carbons (Fsp3) is 0.440. The Morgan fingerprint density at radius 2 is 1.66 bits per heavy atom. The monoisotopic (exact) mass is 390 g/mol. The summed E-state index contributed by atoms with van der Waals surface area (Å²) in [6, 6.07) is 18.1. The van der Waals surface area contributed by atoms with Crippen molar-refractivity contribution in [1.29, 1.82) is 0 Å². The van der Waals surface area contributed by atoms with Gasteiger partial charge in [0.05, 0.1) is 0 Å². The molecule has 0 bridgehead atoms. The van der Waals surface area contributed by atoms with Crippen molar-refractivity contribution in [3.05, 3.63) is 71.3 Å². The first-order chi connectivity index (χ1) is 14.0. The molecule has 0 radical (unpaired) electrons. The predicted octanol–water partition coefficient (Wildman–Crippen LogP) is 4.43. The average Bonchev–Trinajstić information content (AvgIpc) is 2.89. The van der Waals surface area contributed by atoms with E-state index >= 15 is 0 Å². The van der Waals surface area contributed by atoms with Crippen LogP contribution < -0.4 is 0 Å². The van der Waals surface area contributed by atoms with Gasteiger partial charge in [-0.1, -0.05) is 48.0 Å². The summed E-state index contributed by atoms with van der Waals surface area (Å²) in [5.41, 5.74) is 3.29. The zero-order valence-corrected chi connectivity index (χ0v) is 17.3. The minimum Gasteiger partial charge on any atom is -0.339 e. The SMILES string of the molecule is Cc1cccc(C(=O)N2CCC3(CCC(=O)N(Cc4ccccc4)CC3)CC2)c1. The zero-order chi connectivity index (χ0) is 20.3. The molecular weight excluding hydrogens is 360 g/mol.